The number of nitrogens with zero attached hydrogens (tertiary/aromatic N) is 1. The molecule has 4 rings (SSSR count). The van der Waals surface area contributed by atoms with Crippen LogP contribution in [0.5, 0.6) is 0 Å². The molecular weight excluding hydrogens is 471 g/mol. The van der Waals surface area contributed by atoms with Crippen molar-refractivity contribution in [2.24, 2.45) is 5.92 Å². The van der Waals surface area contributed by atoms with Gasteiger partial charge in [0, 0.05) is 12.3 Å². The number of aromatic nitrogens is 2. The highest BCUT2D eigenvalue weighted by atomic mass is 31.2. The summed E-state index contributed by atoms with van der Waals surface area (Å²) in [6.07, 6.45) is 6.89. The summed E-state index contributed by atoms with van der Waals surface area (Å²) in [7, 11) is -4.16. The lowest BCUT2D eigenvalue weighted by Gasteiger charge is -2.34. The van der Waals surface area contributed by atoms with Gasteiger partial charge in [0.15, 0.2) is 11.8 Å². The summed E-state index contributed by atoms with van der Waals surface area (Å²) in [5.41, 5.74) is -3.71. The second kappa shape index (κ2) is 9.77. The molecule has 3 aliphatic rings. The van der Waals surface area contributed by atoms with Crippen molar-refractivity contribution in [3.05, 3.63) is 33.1 Å². The van der Waals surface area contributed by atoms with Gasteiger partial charge < -0.3 is 14.6 Å². The first-order valence-electron chi connectivity index (χ1n) is 11.1. The third-order valence-electron chi connectivity index (χ3n) is 6.21. The summed E-state index contributed by atoms with van der Waals surface area (Å²) in [5, 5.41) is 11.1. The van der Waals surface area contributed by atoms with Gasteiger partial charge >= 0.3 is 19.5 Å². The summed E-state index contributed by atoms with van der Waals surface area (Å²) >= 11 is 0. The Morgan fingerprint density at radius 3 is 2.85 bits per heavy atom. The summed E-state index contributed by atoms with van der Waals surface area (Å²) < 4.78 is 41.1. The van der Waals surface area contributed by atoms with Crippen molar-refractivity contribution in [3.63, 3.8) is 0 Å². The number of phosphoric ester groups is 1. The van der Waals surface area contributed by atoms with Crippen LogP contribution in [-0.4, -0.2) is 57.8 Å². The van der Waals surface area contributed by atoms with Crippen LogP contribution in [0.3, 0.4) is 0 Å². The Kier molecular flexibility index (Phi) is 7.14. The SMILES string of the molecule is C#C[C@@]1(O)[C@@H]2O[P@@](=O)(OCCC(C)C(=O)OC3CCCC3)OC[C@H]2O[C@H]1n1ccc(=O)[nH]c1=O. The highest BCUT2D eigenvalue weighted by molar-refractivity contribution is 7.48. The number of hydrogen-bond acceptors (Lipinski definition) is 10. The Labute approximate surface area is 195 Å². The third kappa shape index (κ3) is 4.91. The number of carbonyl (C=O) groups is 1. The second-order valence-corrected chi connectivity index (χ2v) is 10.3. The summed E-state index contributed by atoms with van der Waals surface area (Å²) in [5.74, 6) is 1.32. The third-order valence-corrected chi connectivity index (χ3v) is 7.66. The van der Waals surface area contributed by atoms with Gasteiger partial charge in [-0.2, -0.15) is 0 Å². The van der Waals surface area contributed by atoms with E-state index in [2.05, 4.69) is 5.92 Å². The maximum atomic E-state index is 13.0. The molecule has 3 heterocycles. The molecule has 6 atom stereocenters. The molecule has 12 nitrogen and oxygen atoms in total. The lowest BCUT2D eigenvalue weighted by molar-refractivity contribution is -0.153. The standard InChI is InChI=1S/C21H27N2O10P/c1-3-21(27)17-15(32-19(21)23-10-8-16(24)22-20(23)26)12-30-34(28,33-17)29-11-9-13(2)18(25)31-14-6-4-5-7-14/h1,8,10,13-15,17,19,27H,4-7,9,11-12H2,2H3,(H,22,24,26)/t13?,15-,17-,19-,21-,34+/m1/s1. The van der Waals surface area contributed by atoms with E-state index in [-0.39, 0.29) is 31.7 Å². The lowest BCUT2D eigenvalue weighted by atomic mass is 9.95. The van der Waals surface area contributed by atoms with E-state index in [0.717, 1.165) is 42.5 Å². The number of esters is 1. The quantitative estimate of drug-likeness (QED) is 0.314. The van der Waals surface area contributed by atoms with Crippen molar-refractivity contribution >= 4 is 13.8 Å². The average Bonchev–Trinajstić information content (AvgIpc) is 3.40. The maximum Gasteiger partial charge on any atom is 0.475 e. The van der Waals surface area contributed by atoms with Crippen LogP contribution in [0.4, 0.5) is 0 Å². The van der Waals surface area contributed by atoms with Gasteiger partial charge in [0.25, 0.3) is 5.56 Å². The van der Waals surface area contributed by atoms with Crippen molar-refractivity contribution in [3.8, 4) is 12.3 Å². The molecule has 3 fully saturated rings. The van der Waals surface area contributed by atoms with Gasteiger partial charge in [-0.05, 0) is 32.1 Å². The number of carbonyl (C=O) groups excluding carboxylic acids is 1. The Morgan fingerprint density at radius 2 is 2.18 bits per heavy atom. The van der Waals surface area contributed by atoms with Crippen LogP contribution >= 0.6 is 7.82 Å². The molecule has 0 bridgehead atoms. The van der Waals surface area contributed by atoms with Crippen molar-refractivity contribution < 1.29 is 37.5 Å². The molecule has 0 radical (unpaired) electrons. The number of terminal acetylenes is 1. The van der Waals surface area contributed by atoms with Crippen LogP contribution in [0.1, 0.15) is 45.3 Å². The molecule has 13 heteroatoms. The van der Waals surface area contributed by atoms with Crippen LogP contribution in [0, 0.1) is 18.3 Å². The smallest absolute Gasteiger partial charge is 0.462 e. The van der Waals surface area contributed by atoms with Crippen LogP contribution in [0.2, 0.25) is 0 Å². The average molecular weight is 498 g/mol. The van der Waals surface area contributed by atoms with Crippen molar-refractivity contribution in [2.45, 2.75) is 69.2 Å². The first-order valence-corrected chi connectivity index (χ1v) is 12.6. The number of H-pyrrole nitrogens is 1. The van der Waals surface area contributed by atoms with Crippen LogP contribution in [0.25, 0.3) is 0 Å². The number of rotatable bonds is 7. The van der Waals surface area contributed by atoms with Gasteiger partial charge in [0.2, 0.25) is 0 Å². The minimum Gasteiger partial charge on any atom is -0.462 e. The number of aromatic amines is 1. The van der Waals surface area contributed by atoms with E-state index >= 15 is 0 Å². The fourth-order valence-electron chi connectivity index (χ4n) is 4.23. The Morgan fingerprint density at radius 1 is 1.44 bits per heavy atom. The number of ether oxygens (including phenoxy) is 2. The summed E-state index contributed by atoms with van der Waals surface area (Å²) in [4.78, 5) is 37.8. The first kappa shape index (κ1) is 24.9. The number of phosphoric acid groups is 1. The zero-order valence-electron chi connectivity index (χ0n) is 18.6. The van der Waals surface area contributed by atoms with E-state index in [0.29, 0.717) is 0 Å². The van der Waals surface area contributed by atoms with Gasteiger partial charge in [-0.15, -0.1) is 6.42 Å². The minimum atomic E-state index is -4.16. The van der Waals surface area contributed by atoms with Gasteiger partial charge in [-0.1, -0.05) is 12.8 Å². The Bertz CT molecular complexity index is 1120. The molecule has 0 aromatic carbocycles. The predicted molar refractivity (Wildman–Crippen MR) is 116 cm³/mol. The van der Waals surface area contributed by atoms with E-state index in [4.69, 9.17) is 29.5 Å². The van der Waals surface area contributed by atoms with Crippen molar-refractivity contribution in [2.75, 3.05) is 13.2 Å². The zero-order chi connectivity index (χ0) is 24.5. The molecule has 1 unspecified atom stereocenters. The molecule has 2 saturated heterocycles. The molecule has 0 spiro atoms. The van der Waals surface area contributed by atoms with Crippen LogP contribution < -0.4 is 11.2 Å². The highest BCUT2D eigenvalue weighted by Gasteiger charge is 2.62. The molecule has 1 saturated carbocycles. The molecule has 1 aromatic rings. The second-order valence-electron chi connectivity index (χ2n) is 8.65. The van der Waals surface area contributed by atoms with Gasteiger partial charge in [-0.25, -0.2) is 9.36 Å². The number of nitrogens with one attached hydrogen (secondary N) is 1. The van der Waals surface area contributed by atoms with Gasteiger partial charge in [0.05, 0.1) is 19.1 Å². The zero-order valence-corrected chi connectivity index (χ0v) is 19.5. The first-order chi connectivity index (χ1) is 16.1. The summed E-state index contributed by atoms with van der Waals surface area (Å²) in [6.45, 7) is 1.26. The van der Waals surface area contributed by atoms with E-state index in [9.17, 15) is 24.1 Å². The van der Waals surface area contributed by atoms with Crippen LogP contribution in [0.15, 0.2) is 21.9 Å². The normalized spacial score (nSPS) is 34.3. The summed E-state index contributed by atoms with van der Waals surface area (Å²) in [6, 6.07) is 1.06. The van der Waals surface area contributed by atoms with E-state index in [1.54, 1.807) is 6.92 Å². The van der Waals surface area contributed by atoms with E-state index in [1.807, 2.05) is 4.98 Å². The Hall–Kier alpha value is -2.26. The van der Waals surface area contributed by atoms with Crippen molar-refractivity contribution in [1.29, 1.82) is 0 Å². The Balaban J connectivity index is 1.38. The van der Waals surface area contributed by atoms with E-state index in [1.165, 1.54) is 0 Å². The molecule has 2 aliphatic heterocycles. The van der Waals surface area contributed by atoms with Gasteiger partial charge in [0.1, 0.15) is 18.3 Å². The molecule has 186 valence electrons. The topological polar surface area (TPSA) is 155 Å². The monoisotopic (exact) mass is 498 g/mol. The molecular formula is C21H27N2O10P. The number of fused-ring (bicyclic) bond motifs is 1. The highest BCUT2D eigenvalue weighted by Crippen LogP contribution is 2.58. The molecule has 34 heavy (non-hydrogen) atoms. The number of hydrogen-bond donors (Lipinski definition) is 2. The maximum absolute atomic E-state index is 13.0. The van der Waals surface area contributed by atoms with Crippen LogP contribution in [-0.2, 0) is 32.4 Å². The molecule has 2 N–H and O–H groups in total. The number of aliphatic hydroxyl groups is 1. The lowest BCUT2D eigenvalue weighted by Crippen LogP contribution is -2.50. The molecule has 1 aliphatic carbocycles. The molecule has 1 aromatic heterocycles. The van der Waals surface area contributed by atoms with Crippen molar-refractivity contribution in [1.82, 2.24) is 9.55 Å². The van der Waals surface area contributed by atoms with Gasteiger partial charge in [-0.3, -0.25) is 32.7 Å². The fraction of sp³-hybridized carbons (Fsp3) is 0.667. The largest absolute Gasteiger partial charge is 0.475 e. The minimum absolute atomic E-state index is 0.0529. The fourth-order valence-corrected chi connectivity index (χ4v) is 5.66. The van der Waals surface area contributed by atoms with E-state index < -0.39 is 49.0 Å². The predicted octanol–water partition coefficient (Wildman–Crippen LogP) is 0.850. The molecule has 0 amide bonds.